The van der Waals surface area contributed by atoms with E-state index in [0.29, 0.717) is 10.0 Å². The zero-order valence-electron chi connectivity index (χ0n) is 18.2. The van der Waals surface area contributed by atoms with E-state index in [2.05, 4.69) is 47.2 Å². The highest BCUT2D eigenvalue weighted by atomic mass is 35.5. The van der Waals surface area contributed by atoms with Crippen molar-refractivity contribution >= 4 is 45.9 Å². The molecule has 0 bridgehead atoms. The first-order valence-electron chi connectivity index (χ1n) is 11.7. The summed E-state index contributed by atoms with van der Waals surface area (Å²) >= 11 is 14.1. The molecule has 1 heterocycles. The zero-order chi connectivity index (χ0) is 21.5. The third-order valence-corrected chi connectivity index (χ3v) is 8.23. The molecule has 31 heavy (non-hydrogen) atoms. The van der Waals surface area contributed by atoms with E-state index in [0.717, 1.165) is 18.2 Å². The maximum absolute atomic E-state index is 6.19. The minimum Gasteiger partial charge on any atom is -0.197 e. The molecule has 4 rings (SSSR count). The molecular formula is C27H32Cl2NS+. The molecule has 164 valence electrons. The molecule has 1 saturated carbocycles. The summed E-state index contributed by atoms with van der Waals surface area (Å²) in [5, 5.41) is 2.55. The molecule has 0 N–H and O–H groups in total. The van der Waals surface area contributed by atoms with Crippen molar-refractivity contribution in [2.45, 2.75) is 75.0 Å². The first-order chi connectivity index (χ1) is 15.2. The van der Waals surface area contributed by atoms with Crippen LogP contribution in [0.25, 0.3) is 10.9 Å². The van der Waals surface area contributed by atoms with Gasteiger partial charge in [-0.2, -0.15) is 4.57 Å². The van der Waals surface area contributed by atoms with Crippen LogP contribution in [0, 0.1) is 5.92 Å². The minimum absolute atomic E-state index is 0.613. The van der Waals surface area contributed by atoms with Crippen molar-refractivity contribution in [2.75, 3.05) is 0 Å². The maximum Gasteiger partial charge on any atom is 0.212 e. The number of aromatic nitrogens is 1. The molecule has 4 heteroatoms. The van der Waals surface area contributed by atoms with Crippen molar-refractivity contribution in [3.8, 4) is 0 Å². The number of para-hydroxylation sites is 1. The van der Waals surface area contributed by atoms with Crippen molar-refractivity contribution in [3.05, 3.63) is 70.3 Å². The van der Waals surface area contributed by atoms with Crippen LogP contribution in [0.2, 0.25) is 10.0 Å². The average Bonchev–Trinajstić information content (AvgIpc) is 2.80. The number of pyridine rings is 1. The van der Waals surface area contributed by atoms with Gasteiger partial charge in [0.05, 0.1) is 14.9 Å². The molecule has 0 aliphatic heterocycles. The number of aryl methyl sites for hydroxylation is 1. The molecule has 0 radical (unpaired) electrons. The summed E-state index contributed by atoms with van der Waals surface area (Å²) < 4.78 is 2.45. The normalized spacial score (nSPS) is 14.9. The summed E-state index contributed by atoms with van der Waals surface area (Å²) in [6.07, 6.45) is 15.0. The van der Waals surface area contributed by atoms with Gasteiger partial charge >= 0.3 is 0 Å². The lowest BCUT2D eigenvalue weighted by molar-refractivity contribution is -0.673. The lowest BCUT2D eigenvalue weighted by Crippen LogP contribution is -2.34. The van der Waals surface area contributed by atoms with Gasteiger partial charge in [-0.15, -0.1) is 11.8 Å². The Morgan fingerprint density at radius 3 is 2.55 bits per heavy atom. The first-order valence-corrected chi connectivity index (χ1v) is 13.4. The third kappa shape index (κ3) is 6.63. The number of halogens is 2. The highest BCUT2D eigenvalue weighted by Crippen LogP contribution is 2.29. The highest BCUT2D eigenvalue weighted by molar-refractivity contribution is 7.98. The molecular weight excluding hydrogens is 441 g/mol. The number of thioether (sulfide) groups is 1. The van der Waals surface area contributed by atoms with Gasteiger partial charge in [-0.3, -0.25) is 0 Å². The zero-order valence-corrected chi connectivity index (χ0v) is 20.5. The van der Waals surface area contributed by atoms with Crippen LogP contribution in [0.3, 0.4) is 0 Å². The Balaban J connectivity index is 1.36. The molecule has 1 aliphatic rings. The van der Waals surface area contributed by atoms with Gasteiger partial charge in [0.25, 0.3) is 0 Å². The molecule has 1 aromatic heterocycles. The van der Waals surface area contributed by atoms with Gasteiger partial charge in [-0.05, 0) is 42.2 Å². The second-order valence-electron chi connectivity index (χ2n) is 8.82. The van der Waals surface area contributed by atoms with E-state index < -0.39 is 0 Å². The fourth-order valence-corrected chi connectivity index (χ4v) is 5.96. The topological polar surface area (TPSA) is 3.88 Å². The number of unbranched alkanes of at least 4 members (excludes halogenated alkanes) is 2. The van der Waals surface area contributed by atoms with Crippen molar-refractivity contribution in [2.24, 2.45) is 5.92 Å². The lowest BCUT2D eigenvalue weighted by Gasteiger charge is -2.21. The smallest absolute Gasteiger partial charge is 0.197 e. The van der Waals surface area contributed by atoms with Crippen molar-refractivity contribution in [1.29, 1.82) is 0 Å². The van der Waals surface area contributed by atoms with Crippen molar-refractivity contribution in [1.82, 2.24) is 0 Å². The van der Waals surface area contributed by atoms with Gasteiger partial charge in [0.15, 0.2) is 6.20 Å². The van der Waals surface area contributed by atoms with E-state index in [1.165, 1.54) is 79.1 Å². The van der Waals surface area contributed by atoms with Gasteiger partial charge in [-0.1, -0.05) is 86.3 Å². The summed E-state index contributed by atoms with van der Waals surface area (Å²) in [7, 11) is 0. The first kappa shape index (κ1) is 23.0. The molecule has 0 atom stereocenters. The maximum atomic E-state index is 6.19. The second-order valence-corrected chi connectivity index (χ2v) is 10.7. The molecule has 0 unspecified atom stereocenters. The predicted molar refractivity (Wildman–Crippen MR) is 135 cm³/mol. The van der Waals surface area contributed by atoms with Crippen LogP contribution >= 0.6 is 35.0 Å². The summed E-state index contributed by atoms with van der Waals surface area (Å²) in [5.41, 5.74) is 2.52. The third-order valence-electron chi connectivity index (χ3n) is 6.45. The average molecular weight is 474 g/mol. The number of benzene rings is 2. The molecule has 1 aliphatic carbocycles. The second kappa shape index (κ2) is 11.6. The van der Waals surface area contributed by atoms with Crippen LogP contribution in [0.4, 0.5) is 0 Å². The van der Waals surface area contributed by atoms with Gasteiger partial charge < -0.3 is 0 Å². The Morgan fingerprint density at radius 1 is 0.871 bits per heavy atom. The molecule has 1 fully saturated rings. The summed E-state index contributed by atoms with van der Waals surface area (Å²) in [5.74, 6) is 1.89. The van der Waals surface area contributed by atoms with Crippen LogP contribution in [0.15, 0.2) is 59.6 Å². The predicted octanol–water partition coefficient (Wildman–Crippen LogP) is 8.87. The minimum atomic E-state index is 0.613. The molecule has 1 nitrogen and oxygen atoms in total. The summed E-state index contributed by atoms with van der Waals surface area (Å²) in [4.78, 5) is 1.30. The van der Waals surface area contributed by atoms with E-state index in [1.807, 2.05) is 23.9 Å². The quantitative estimate of drug-likeness (QED) is 0.171. The van der Waals surface area contributed by atoms with Gasteiger partial charge in [0.1, 0.15) is 6.54 Å². The molecule has 0 amide bonds. The van der Waals surface area contributed by atoms with Crippen molar-refractivity contribution in [3.63, 3.8) is 0 Å². The monoisotopic (exact) mass is 472 g/mol. The van der Waals surface area contributed by atoms with Crippen LogP contribution in [0.1, 0.15) is 63.4 Å². The van der Waals surface area contributed by atoms with Crippen LogP contribution in [-0.2, 0) is 12.3 Å². The Labute approximate surface area is 201 Å². The van der Waals surface area contributed by atoms with Crippen LogP contribution in [0.5, 0.6) is 0 Å². The lowest BCUT2D eigenvalue weighted by atomic mass is 9.85. The Kier molecular flexibility index (Phi) is 8.58. The largest absolute Gasteiger partial charge is 0.212 e. The summed E-state index contributed by atoms with van der Waals surface area (Å²) in [6.45, 7) is 1.09. The van der Waals surface area contributed by atoms with E-state index in [9.17, 15) is 0 Å². The molecule has 0 spiro atoms. The molecule has 2 aromatic carbocycles. The molecule has 3 aromatic rings. The van der Waals surface area contributed by atoms with Crippen molar-refractivity contribution < 1.29 is 4.57 Å². The van der Waals surface area contributed by atoms with E-state index in [1.54, 1.807) is 0 Å². The van der Waals surface area contributed by atoms with Gasteiger partial charge in [0.2, 0.25) is 5.52 Å². The number of hydrogen-bond donors (Lipinski definition) is 0. The Hall–Kier alpha value is -1.22. The highest BCUT2D eigenvalue weighted by Gasteiger charge is 2.14. The van der Waals surface area contributed by atoms with Gasteiger partial charge in [-0.25, -0.2) is 0 Å². The Bertz CT molecular complexity index is 998. The fourth-order valence-electron chi connectivity index (χ4n) is 4.71. The number of fused-ring (bicyclic) bond motifs is 1. The van der Waals surface area contributed by atoms with Gasteiger partial charge in [0, 0.05) is 23.6 Å². The van der Waals surface area contributed by atoms with E-state index >= 15 is 0 Å². The SMILES string of the molecule is Clc1ccc(CSc2cc3ccccc3[n+](CCCCCC3CCCCC3)c2)cc1Cl. The van der Waals surface area contributed by atoms with Crippen LogP contribution < -0.4 is 4.57 Å². The Morgan fingerprint density at radius 2 is 1.71 bits per heavy atom. The number of hydrogen-bond acceptors (Lipinski definition) is 1. The van der Waals surface area contributed by atoms with E-state index in [4.69, 9.17) is 23.2 Å². The number of nitrogens with zero attached hydrogens (tertiary/aromatic N) is 1. The fraction of sp³-hybridized carbons (Fsp3) is 0.444. The van der Waals surface area contributed by atoms with E-state index in [-0.39, 0.29) is 0 Å². The number of rotatable bonds is 9. The summed E-state index contributed by atoms with van der Waals surface area (Å²) in [6, 6.07) is 16.9. The van der Waals surface area contributed by atoms with Crippen LogP contribution in [-0.4, -0.2) is 0 Å². The molecule has 0 saturated heterocycles. The standard InChI is InChI=1S/C27H32Cl2NS/c28-25-15-14-22(17-26(25)29)20-31-24-18-23-12-6-7-13-27(23)30(19-24)16-8-2-5-11-21-9-3-1-4-10-21/h6-7,12-15,17-19,21H,1-5,8-11,16,20H2/q+1.